The van der Waals surface area contributed by atoms with E-state index in [0.717, 1.165) is 37.2 Å². The van der Waals surface area contributed by atoms with E-state index < -0.39 is 0 Å². The molecule has 2 aliphatic heterocycles. The summed E-state index contributed by atoms with van der Waals surface area (Å²) in [4.78, 5) is 17.0. The van der Waals surface area contributed by atoms with Crippen molar-refractivity contribution >= 4 is 5.91 Å². The molecule has 2 fully saturated rings. The average Bonchev–Trinajstić information content (AvgIpc) is 2.88. The van der Waals surface area contributed by atoms with E-state index in [0.29, 0.717) is 5.41 Å². The summed E-state index contributed by atoms with van der Waals surface area (Å²) in [6.07, 6.45) is 3.55. The second-order valence-corrected chi connectivity index (χ2v) is 6.51. The summed E-state index contributed by atoms with van der Waals surface area (Å²) in [5.74, 6) is 0.877. The van der Waals surface area contributed by atoms with Crippen LogP contribution in [0.25, 0.3) is 0 Å². The van der Waals surface area contributed by atoms with Crippen molar-refractivity contribution < 1.29 is 9.53 Å². The van der Waals surface area contributed by atoms with Crippen LogP contribution in [0.5, 0.6) is 5.75 Å². The first kappa shape index (κ1) is 14.4. The van der Waals surface area contributed by atoms with E-state index in [1.165, 1.54) is 19.5 Å². The van der Waals surface area contributed by atoms with Gasteiger partial charge in [-0.15, -0.1) is 0 Å². The van der Waals surface area contributed by atoms with Gasteiger partial charge in [0.2, 0.25) is 0 Å². The maximum absolute atomic E-state index is 12.6. The number of carbonyl (C=O) groups excluding carboxylic acids is 1. The lowest BCUT2D eigenvalue weighted by molar-refractivity contribution is 0.0593. The summed E-state index contributed by atoms with van der Waals surface area (Å²) in [6, 6.07) is 7.45. The smallest absolute Gasteiger partial charge is 0.253 e. The third-order valence-corrected chi connectivity index (χ3v) is 5.06. The molecule has 2 aliphatic rings. The Balaban J connectivity index is 1.65. The Bertz CT molecular complexity index is 521. The molecule has 0 saturated carbocycles. The number of amides is 1. The second-order valence-electron chi connectivity index (χ2n) is 6.51. The molecule has 4 nitrogen and oxygen atoms in total. The predicted molar refractivity (Wildman–Crippen MR) is 82.7 cm³/mol. The molecular formula is C17H24N2O2. The Morgan fingerprint density at radius 2 is 1.90 bits per heavy atom. The third kappa shape index (κ3) is 2.91. The maximum Gasteiger partial charge on any atom is 0.253 e. The molecule has 114 valence electrons. The molecular weight excluding hydrogens is 264 g/mol. The van der Waals surface area contributed by atoms with Crippen LogP contribution in [0.1, 0.15) is 29.6 Å². The molecule has 0 atom stereocenters. The summed E-state index contributed by atoms with van der Waals surface area (Å²) in [5.41, 5.74) is 1.19. The monoisotopic (exact) mass is 288 g/mol. The van der Waals surface area contributed by atoms with E-state index in [9.17, 15) is 4.79 Å². The van der Waals surface area contributed by atoms with Crippen molar-refractivity contribution in [3.63, 3.8) is 0 Å². The lowest BCUT2D eigenvalue weighted by atomic mass is 9.77. The first-order valence-corrected chi connectivity index (χ1v) is 7.74. The van der Waals surface area contributed by atoms with E-state index in [-0.39, 0.29) is 5.91 Å². The molecule has 3 rings (SSSR count). The molecule has 0 N–H and O–H groups in total. The van der Waals surface area contributed by atoms with Crippen LogP contribution in [-0.4, -0.2) is 56.0 Å². The largest absolute Gasteiger partial charge is 0.497 e. The van der Waals surface area contributed by atoms with Crippen molar-refractivity contribution in [2.24, 2.45) is 5.41 Å². The van der Waals surface area contributed by atoms with E-state index in [1.807, 2.05) is 29.2 Å². The lowest BCUT2D eigenvalue weighted by Crippen LogP contribution is -2.44. The number of benzene rings is 1. The highest BCUT2D eigenvalue weighted by Gasteiger charge is 2.40. The van der Waals surface area contributed by atoms with E-state index in [2.05, 4.69) is 11.9 Å². The van der Waals surface area contributed by atoms with Gasteiger partial charge in [-0.05, 0) is 56.5 Å². The van der Waals surface area contributed by atoms with Gasteiger partial charge in [-0.25, -0.2) is 0 Å². The molecule has 1 spiro atoms. The van der Waals surface area contributed by atoms with Gasteiger partial charge in [-0.1, -0.05) is 6.07 Å². The summed E-state index contributed by atoms with van der Waals surface area (Å²) in [6.45, 7) is 4.14. The number of methoxy groups -OCH3 is 1. The van der Waals surface area contributed by atoms with Crippen LogP contribution >= 0.6 is 0 Å². The van der Waals surface area contributed by atoms with Gasteiger partial charge in [0.1, 0.15) is 5.75 Å². The number of hydrogen-bond acceptors (Lipinski definition) is 3. The molecule has 21 heavy (non-hydrogen) atoms. The number of nitrogens with zero attached hydrogens (tertiary/aromatic N) is 2. The highest BCUT2D eigenvalue weighted by Crippen LogP contribution is 2.40. The summed E-state index contributed by atoms with van der Waals surface area (Å²) < 4.78 is 5.20. The molecule has 1 aromatic rings. The van der Waals surface area contributed by atoms with Crippen LogP contribution in [0.3, 0.4) is 0 Å². The number of ether oxygens (including phenoxy) is 1. The van der Waals surface area contributed by atoms with Crippen molar-refractivity contribution in [1.82, 2.24) is 9.80 Å². The molecule has 0 radical (unpaired) electrons. The van der Waals surface area contributed by atoms with Gasteiger partial charge in [0, 0.05) is 25.2 Å². The zero-order valence-electron chi connectivity index (χ0n) is 13.0. The van der Waals surface area contributed by atoms with Crippen LogP contribution in [0.15, 0.2) is 24.3 Å². The number of rotatable bonds is 2. The van der Waals surface area contributed by atoms with Crippen molar-refractivity contribution in [3.8, 4) is 5.75 Å². The Morgan fingerprint density at radius 1 is 1.19 bits per heavy atom. The van der Waals surface area contributed by atoms with Crippen LogP contribution < -0.4 is 4.74 Å². The summed E-state index contributed by atoms with van der Waals surface area (Å²) in [7, 11) is 3.83. The summed E-state index contributed by atoms with van der Waals surface area (Å²) >= 11 is 0. The van der Waals surface area contributed by atoms with Gasteiger partial charge in [-0.3, -0.25) is 4.79 Å². The van der Waals surface area contributed by atoms with E-state index in [4.69, 9.17) is 4.74 Å². The Morgan fingerprint density at radius 3 is 2.52 bits per heavy atom. The molecule has 0 aliphatic carbocycles. The minimum Gasteiger partial charge on any atom is -0.497 e. The van der Waals surface area contributed by atoms with Crippen molar-refractivity contribution in [3.05, 3.63) is 29.8 Å². The second kappa shape index (κ2) is 5.68. The standard InChI is InChI=1S/C17H24N2O2/c1-18-9-6-17(13-18)7-10-19(11-8-17)16(20)14-4-3-5-15(12-14)21-2/h3-5,12H,6-11,13H2,1-2H3. The van der Waals surface area contributed by atoms with Gasteiger partial charge in [0.15, 0.2) is 0 Å². The van der Waals surface area contributed by atoms with Gasteiger partial charge in [-0.2, -0.15) is 0 Å². The van der Waals surface area contributed by atoms with Gasteiger partial charge in [0.05, 0.1) is 7.11 Å². The van der Waals surface area contributed by atoms with E-state index in [1.54, 1.807) is 7.11 Å². The van der Waals surface area contributed by atoms with Crippen LogP contribution in [0, 0.1) is 5.41 Å². The zero-order valence-corrected chi connectivity index (χ0v) is 13.0. The van der Waals surface area contributed by atoms with Gasteiger partial charge < -0.3 is 14.5 Å². The molecule has 2 heterocycles. The third-order valence-electron chi connectivity index (χ3n) is 5.06. The molecule has 0 bridgehead atoms. The lowest BCUT2D eigenvalue weighted by Gasteiger charge is -2.39. The van der Waals surface area contributed by atoms with Crippen LogP contribution in [-0.2, 0) is 0 Å². The van der Waals surface area contributed by atoms with Crippen molar-refractivity contribution in [1.29, 1.82) is 0 Å². The molecule has 2 saturated heterocycles. The minimum absolute atomic E-state index is 0.134. The highest BCUT2D eigenvalue weighted by molar-refractivity contribution is 5.94. The quantitative estimate of drug-likeness (QED) is 0.837. The average molecular weight is 288 g/mol. The first-order chi connectivity index (χ1) is 10.1. The van der Waals surface area contributed by atoms with Crippen molar-refractivity contribution in [2.75, 3.05) is 40.3 Å². The van der Waals surface area contributed by atoms with Crippen LogP contribution in [0.2, 0.25) is 0 Å². The fourth-order valence-corrected chi connectivity index (χ4v) is 3.69. The number of carbonyl (C=O) groups is 1. The van der Waals surface area contributed by atoms with E-state index >= 15 is 0 Å². The van der Waals surface area contributed by atoms with Gasteiger partial charge in [0.25, 0.3) is 5.91 Å². The Labute approximate surface area is 126 Å². The summed E-state index contributed by atoms with van der Waals surface area (Å²) in [5, 5.41) is 0. The molecule has 1 amide bonds. The Hall–Kier alpha value is -1.55. The number of likely N-dealkylation sites (tertiary alicyclic amines) is 2. The zero-order chi connectivity index (χ0) is 14.9. The topological polar surface area (TPSA) is 32.8 Å². The Kier molecular flexibility index (Phi) is 3.89. The fourth-order valence-electron chi connectivity index (χ4n) is 3.69. The molecule has 4 heteroatoms. The number of piperidine rings is 1. The highest BCUT2D eigenvalue weighted by atomic mass is 16.5. The normalized spacial score (nSPS) is 21.7. The fraction of sp³-hybridized carbons (Fsp3) is 0.588. The maximum atomic E-state index is 12.6. The molecule has 1 aromatic carbocycles. The predicted octanol–water partition coefficient (Wildman–Crippen LogP) is 2.25. The minimum atomic E-state index is 0.134. The SMILES string of the molecule is COc1cccc(C(=O)N2CCC3(CCN(C)C3)CC2)c1. The molecule has 0 aromatic heterocycles. The first-order valence-electron chi connectivity index (χ1n) is 7.74. The number of hydrogen-bond donors (Lipinski definition) is 0. The van der Waals surface area contributed by atoms with Gasteiger partial charge >= 0.3 is 0 Å². The van der Waals surface area contributed by atoms with Crippen molar-refractivity contribution in [2.45, 2.75) is 19.3 Å². The molecule has 0 unspecified atom stereocenters. The van der Waals surface area contributed by atoms with Crippen LogP contribution in [0.4, 0.5) is 0 Å².